The number of hydrogen-bond acceptors (Lipinski definition) is 4. The summed E-state index contributed by atoms with van der Waals surface area (Å²) in [6.07, 6.45) is 0. The lowest BCUT2D eigenvalue weighted by atomic mass is 10.1. The topological polar surface area (TPSA) is 63.9 Å². The van der Waals surface area contributed by atoms with Gasteiger partial charge in [0.15, 0.2) is 0 Å². The first-order chi connectivity index (χ1) is 12.0. The number of nitrogens with zero attached hydrogens (tertiary/aromatic N) is 5. The number of aryl methyl sites for hydroxylation is 1. The van der Waals surface area contributed by atoms with Crippen LogP contribution >= 0.6 is 15.9 Å². The maximum absolute atomic E-state index is 12.4. The zero-order chi connectivity index (χ0) is 17.8. The average molecular weight is 400 g/mol. The predicted molar refractivity (Wildman–Crippen MR) is 98.6 cm³/mol. The van der Waals surface area contributed by atoms with Crippen LogP contribution in [0.1, 0.15) is 11.1 Å². The third-order valence-electron chi connectivity index (χ3n) is 3.94. The molecule has 1 aromatic heterocycles. The van der Waals surface area contributed by atoms with E-state index in [2.05, 4.69) is 31.3 Å². The average Bonchev–Trinajstić information content (AvgIpc) is 3.05. The molecule has 25 heavy (non-hydrogen) atoms. The van der Waals surface area contributed by atoms with Crippen molar-refractivity contribution in [2.75, 3.05) is 7.05 Å². The van der Waals surface area contributed by atoms with Crippen molar-refractivity contribution in [3.63, 3.8) is 0 Å². The quantitative estimate of drug-likeness (QED) is 0.661. The molecule has 2 aromatic carbocycles. The Kier molecular flexibility index (Phi) is 5.23. The van der Waals surface area contributed by atoms with Gasteiger partial charge in [-0.15, -0.1) is 10.2 Å². The Balaban J connectivity index is 1.67. The SMILES string of the molecule is Cc1ccccc1CN(C)C(=O)Cn1nnc(-c2ccccc2Br)n1. The second kappa shape index (κ2) is 7.57. The summed E-state index contributed by atoms with van der Waals surface area (Å²) in [5.74, 6) is 0.418. The van der Waals surface area contributed by atoms with Crippen molar-refractivity contribution in [2.24, 2.45) is 0 Å². The first kappa shape index (κ1) is 17.3. The van der Waals surface area contributed by atoms with Gasteiger partial charge < -0.3 is 4.90 Å². The Morgan fingerprint density at radius 1 is 1.16 bits per heavy atom. The highest BCUT2D eigenvalue weighted by atomic mass is 79.9. The number of hydrogen-bond donors (Lipinski definition) is 0. The van der Waals surface area contributed by atoms with Crippen LogP contribution < -0.4 is 0 Å². The van der Waals surface area contributed by atoms with Gasteiger partial charge in [0.05, 0.1) is 0 Å². The summed E-state index contributed by atoms with van der Waals surface area (Å²) in [7, 11) is 1.78. The number of carbonyl (C=O) groups is 1. The zero-order valence-corrected chi connectivity index (χ0v) is 15.6. The van der Waals surface area contributed by atoms with Crippen LogP contribution in [-0.2, 0) is 17.9 Å². The Morgan fingerprint density at radius 3 is 2.64 bits per heavy atom. The fraction of sp³-hybridized carbons (Fsp3) is 0.222. The normalized spacial score (nSPS) is 10.7. The van der Waals surface area contributed by atoms with Crippen molar-refractivity contribution in [1.29, 1.82) is 0 Å². The van der Waals surface area contributed by atoms with Crippen molar-refractivity contribution in [3.05, 3.63) is 64.1 Å². The van der Waals surface area contributed by atoms with Gasteiger partial charge in [0, 0.05) is 23.6 Å². The number of tetrazole rings is 1. The second-order valence-electron chi connectivity index (χ2n) is 5.80. The van der Waals surface area contributed by atoms with Crippen LogP contribution in [0.4, 0.5) is 0 Å². The molecular formula is C18H18BrN5O. The third kappa shape index (κ3) is 4.11. The summed E-state index contributed by atoms with van der Waals surface area (Å²) in [4.78, 5) is 15.4. The largest absolute Gasteiger partial charge is 0.340 e. The molecule has 0 aliphatic carbocycles. The van der Waals surface area contributed by atoms with E-state index in [0.717, 1.165) is 21.2 Å². The molecule has 0 fully saturated rings. The molecule has 1 heterocycles. The van der Waals surface area contributed by atoms with Crippen molar-refractivity contribution in [3.8, 4) is 11.4 Å². The number of aromatic nitrogens is 4. The van der Waals surface area contributed by atoms with Gasteiger partial charge in [-0.3, -0.25) is 4.79 Å². The van der Waals surface area contributed by atoms with Gasteiger partial charge in [-0.05, 0) is 35.4 Å². The molecule has 128 valence electrons. The highest BCUT2D eigenvalue weighted by Crippen LogP contribution is 2.24. The van der Waals surface area contributed by atoms with Crippen molar-refractivity contribution >= 4 is 21.8 Å². The molecule has 0 aliphatic heterocycles. The van der Waals surface area contributed by atoms with E-state index in [4.69, 9.17) is 0 Å². The fourth-order valence-corrected chi connectivity index (χ4v) is 2.90. The number of benzene rings is 2. The molecule has 3 aromatic rings. The Labute approximate surface area is 154 Å². The molecule has 0 saturated carbocycles. The lowest BCUT2D eigenvalue weighted by Gasteiger charge is -2.18. The Bertz CT molecular complexity index is 892. The molecule has 0 N–H and O–H groups in total. The lowest BCUT2D eigenvalue weighted by Crippen LogP contribution is -2.30. The van der Waals surface area contributed by atoms with Gasteiger partial charge in [0.1, 0.15) is 6.54 Å². The predicted octanol–water partition coefficient (Wildman–Crippen LogP) is 3.07. The van der Waals surface area contributed by atoms with E-state index in [1.807, 2.05) is 55.5 Å². The van der Waals surface area contributed by atoms with Gasteiger partial charge in [-0.25, -0.2) is 0 Å². The molecule has 3 rings (SSSR count). The fourth-order valence-electron chi connectivity index (χ4n) is 2.43. The van der Waals surface area contributed by atoms with Gasteiger partial charge in [-0.1, -0.05) is 52.3 Å². The van der Waals surface area contributed by atoms with Gasteiger partial charge in [0.25, 0.3) is 0 Å². The van der Waals surface area contributed by atoms with Crippen LogP contribution in [0.3, 0.4) is 0 Å². The smallest absolute Gasteiger partial charge is 0.246 e. The number of carbonyl (C=O) groups excluding carboxylic acids is 1. The van der Waals surface area contributed by atoms with Crippen molar-refractivity contribution in [2.45, 2.75) is 20.0 Å². The van der Waals surface area contributed by atoms with Crippen LogP contribution in [0.5, 0.6) is 0 Å². The molecular weight excluding hydrogens is 382 g/mol. The van der Waals surface area contributed by atoms with E-state index in [1.54, 1.807) is 11.9 Å². The second-order valence-corrected chi connectivity index (χ2v) is 6.65. The number of halogens is 1. The molecule has 0 saturated heterocycles. The number of amides is 1. The molecule has 6 nitrogen and oxygen atoms in total. The van der Waals surface area contributed by atoms with Gasteiger partial charge in [0.2, 0.25) is 11.7 Å². The molecule has 1 amide bonds. The first-order valence-electron chi connectivity index (χ1n) is 7.86. The molecule has 0 radical (unpaired) electrons. The van der Waals surface area contributed by atoms with Crippen LogP contribution in [0.15, 0.2) is 53.0 Å². The molecule has 0 bridgehead atoms. The number of rotatable bonds is 5. The van der Waals surface area contributed by atoms with E-state index in [0.29, 0.717) is 12.4 Å². The van der Waals surface area contributed by atoms with Crippen molar-refractivity contribution in [1.82, 2.24) is 25.1 Å². The number of likely N-dealkylation sites (N-methyl/N-ethyl adjacent to an activating group) is 1. The summed E-state index contributed by atoms with van der Waals surface area (Å²) >= 11 is 3.47. The maximum atomic E-state index is 12.4. The minimum absolute atomic E-state index is 0.0554. The molecule has 0 aliphatic rings. The monoisotopic (exact) mass is 399 g/mol. The van der Waals surface area contributed by atoms with Crippen LogP contribution in [-0.4, -0.2) is 38.1 Å². The zero-order valence-electron chi connectivity index (χ0n) is 14.1. The summed E-state index contributed by atoms with van der Waals surface area (Å²) in [5, 5.41) is 12.3. The van der Waals surface area contributed by atoms with E-state index >= 15 is 0 Å². The molecule has 0 atom stereocenters. The summed E-state index contributed by atoms with van der Waals surface area (Å²) in [6.45, 7) is 2.65. The molecule has 7 heteroatoms. The summed E-state index contributed by atoms with van der Waals surface area (Å²) in [5.41, 5.74) is 3.13. The highest BCUT2D eigenvalue weighted by molar-refractivity contribution is 9.10. The van der Waals surface area contributed by atoms with Crippen LogP contribution in [0, 0.1) is 6.92 Å². The van der Waals surface area contributed by atoms with Gasteiger partial charge in [-0.2, -0.15) is 4.80 Å². The molecule has 0 spiro atoms. The highest BCUT2D eigenvalue weighted by Gasteiger charge is 2.14. The standard InChI is InChI=1S/C18H18BrN5O/c1-13-7-3-4-8-14(13)11-23(2)17(25)12-24-21-18(20-22-24)15-9-5-6-10-16(15)19/h3-10H,11-12H2,1-2H3. The van der Waals surface area contributed by atoms with E-state index in [1.165, 1.54) is 4.80 Å². The van der Waals surface area contributed by atoms with Crippen LogP contribution in [0.25, 0.3) is 11.4 Å². The van der Waals surface area contributed by atoms with Gasteiger partial charge >= 0.3 is 0 Å². The summed E-state index contributed by atoms with van der Waals surface area (Å²) < 4.78 is 0.887. The van der Waals surface area contributed by atoms with E-state index < -0.39 is 0 Å². The van der Waals surface area contributed by atoms with E-state index in [9.17, 15) is 4.79 Å². The van der Waals surface area contributed by atoms with E-state index in [-0.39, 0.29) is 12.5 Å². The maximum Gasteiger partial charge on any atom is 0.246 e. The Hall–Kier alpha value is -2.54. The first-order valence-corrected chi connectivity index (χ1v) is 8.65. The minimum atomic E-state index is -0.0701. The lowest BCUT2D eigenvalue weighted by molar-refractivity contribution is -0.131. The third-order valence-corrected chi connectivity index (χ3v) is 4.63. The minimum Gasteiger partial charge on any atom is -0.340 e. The summed E-state index contributed by atoms with van der Waals surface area (Å²) in [6, 6.07) is 15.7. The Morgan fingerprint density at radius 2 is 1.88 bits per heavy atom. The van der Waals surface area contributed by atoms with Crippen LogP contribution in [0.2, 0.25) is 0 Å². The molecule has 0 unspecified atom stereocenters. The van der Waals surface area contributed by atoms with Crippen molar-refractivity contribution < 1.29 is 4.79 Å².